The van der Waals surface area contributed by atoms with Gasteiger partial charge in [-0.2, -0.15) is 0 Å². The van der Waals surface area contributed by atoms with Gasteiger partial charge in [0.1, 0.15) is 5.60 Å². The van der Waals surface area contributed by atoms with Crippen LogP contribution in [0.15, 0.2) is 11.8 Å². The lowest BCUT2D eigenvalue weighted by Crippen LogP contribution is -2.34. The van der Waals surface area contributed by atoms with Crippen LogP contribution in [0.25, 0.3) is 0 Å². The second-order valence-corrected chi connectivity index (χ2v) is 4.51. The van der Waals surface area contributed by atoms with Crippen molar-refractivity contribution in [1.82, 2.24) is 0 Å². The fourth-order valence-corrected chi connectivity index (χ4v) is 2.64. The largest absolute Gasteiger partial charge is 0.492 e. The Morgan fingerprint density at radius 1 is 1.58 bits per heavy atom. The summed E-state index contributed by atoms with van der Waals surface area (Å²) in [5.74, 6) is 2.00. The van der Waals surface area contributed by atoms with Crippen molar-refractivity contribution >= 4 is 0 Å². The average molecular weight is 166 g/mol. The molecule has 68 valence electrons. The number of hydrogen-bond donors (Lipinski definition) is 0. The average Bonchev–Trinajstić information content (AvgIpc) is 2.32. The molecule has 12 heavy (non-hydrogen) atoms. The minimum atomic E-state index is 0.224. The first-order valence-corrected chi connectivity index (χ1v) is 5.06. The van der Waals surface area contributed by atoms with E-state index >= 15 is 0 Å². The van der Waals surface area contributed by atoms with E-state index in [0.29, 0.717) is 0 Å². The van der Waals surface area contributed by atoms with E-state index in [1.807, 2.05) is 0 Å². The van der Waals surface area contributed by atoms with Crippen molar-refractivity contribution in [2.24, 2.45) is 5.92 Å². The Bertz CT molecular complexity index is 207. The van der Waals surface area contributed by atoms with Crippen LogP contribution in [0, 0.1) is 5.92 Å². The number of rotatable bonds is 0. The maximum atomic E-state index is 5.92. The van der Waals surface area contributed by atoms with Gasteiger partial charge in [0.25, 0.3) is 0 Å². The van der Waals surface area contributed by atoms with Crippen LogP contribution in [0.1, 0.15) is 46.0 Å². The summed E-state index contributed by atoms with van der Waals surface area (Å²) in [4.78, 5) is 0. The Morgan fingerprint density at radius 3 is 3.00 bits per heavy atom. The van der Waals surface area contributed by atoms with Crippen LogP contribution >= 0.6 is 0 Å². The van der Waals surface area contributed by atoms with Crippen LogP contribution in [-0.4, -0.2) is 5.60 Å². The topological polar surface area (TPSA) is 9.23 Å². The maximum absolute atomic E-state index is 5.92. The summed E-state index contributed by atoms with van der Waals surface area (Å²) in [6, 6.07) is 0. The molecule has 2 atom stereocenters. The lowest BCUT2D eigenvalue weighted by Gasteiger charge is -2.36. The molecule has 0 aromatic heterocycles. The van der Waals surface area contributed by atoms with Gasteiger partial charge in [0.15, 0.2) is 0 Å². The van der Waals surface area contributed by atoms with Crippen molar-refractivity contribution < 1.29 is 4.74 Å². The summed E-state index contributed by atoms with van der Waals surface area (Å²) >= 11 is 0. The molecule has 1 fully saturated rings. The van der Waals surface area contributed by atoms with Crippen LogP contribution in [-0.2, 0) is 4.74 Å². The van der Waals surface area contributed by atoms with Crippen molar-refractivity contribution in [3.63, 3.8) is 0 Å². The molecule has 0 saturated heterocycles. The van der Waals surface area contributed by atoms with Crippen LogP contribution in [0.5, 0.6) is 0 Å². The van der Waals surface area contributed by atoms with E-state index < -0.39 is 0 Å². The second kappa shape index (κ2) is 2.79. The minimum absolute atomic E-state index is 0.224. The molecule has 0 aromatic carbocycles. The van der Waals surface area contributed by atoms with Crippen LogP contribution < -0.4 is 0 Å². The molecule has 1 aliphatic carbocycles. The van der Waals surface area contributed by atoms with E-state index in [1.165, 1.54) is 25.7 Å². The van der Waals surface area contributed by atoms with E-state index in [9.17, 15) is 0 Å². The van der Waals surface area contributed by atoms with Gasteiger partial charge in [-0.05, 0) is 38.2 Å². The molecule has 1 nitrogen and oxygen atoms in total. The highest BCUT2D eigenvalue weighted by Gasteiger charge is 2.38. The van der Waals surface area contributed by atoms with Gasteiger partial charge in [-0.15, -0.1) is 0 Å². The van der Waals surface area contributed by atoms with Crippen LogP contribution in [0.3, 0.4) is 0 Å². The molecular formula is C11H18O. The zero-order valence-electron chi connectivity index (χ0n) is 8.10. The first-order valence-electron chi connectivity index (χ1n) is 5.06. The van der Waals surface area contributed by atoms with Crippen molar-refractivity contribution in [3.8, 4) is 0 Å². The summed E-state index contributed by atoms with van der Waals surface area (Å²) < 4.78 is 5.92. The highest BCUT2D eigenvalue weighted by Crippen LogP contribution is 2.42. The fourth-order valence-electron chi connectivity index (χ4n) is 2.64. The maximum Gasteiger partial charge on any atom is 0.112 e. The first-order chi connectivity index (χ1) is 5.70. The monoisotopic (exact) mass is 166 g/mol. The molecule has 0 amide bonds. The standard InChI is InChI=1S/C11H18O/c1-9-4-3-6-11(8-9)7-5-10(2)12-11/h5,9H,3-4,6-8H2,1-2H3. The third-order valence-corrected chi connectivity index (χ3v) is 3.19. The number of allylic oxidation sites excluding steroid dienone is 1. The Kier molecular flexibility index (Phi) is 1.90. The lowest BCUT2D eigenvalue weighted by molar-refractivity contribution is -0.0204. The van der Waals surface area contributed by atoms with Crippen molar-refractivity contribution in [2.75, 3.05) is 0 Å². The molecule has 2 unspecified atom stereocenters. The first kappa shape index (κ1) is 8.15. The summed E-state index contributed by atoms with van der Waals surface area (Å²) in [5, 5.41) is 0. The fraction of sp³-hybridized carbons (Fsp3) is 0.818. The van der Waals surface area contributed by atoms with Gasteiger partial charge in [0.2, 0.25) is 0 Å². The van der Waals surface area contributed by atoms with Gasteiger partial charge in [0.05, 0.1) is 5.76 Å². The predicted octanol–water partition coefficient (Wildman–Crippen LogP) is 3.26. The molecular weight excluding hydrogens is 148 g/mol. The summed E-state index contributed by atoms with van der Waals surface area (Å²) in [5.41, 5.74) is 0.224. The molecule has 0 aromatic rings. The Morgan fingerprint density at radius 2 is 2.42 bits per heavy atom. The summed E-state index contributed by atoms with van der Waals surface area (Å²) in [6.07, 6.45) is 8.68. The zero-order chi connectivity index (χ0) is 8.60. The van der Waals surface area contributed by atoms with Gasteiger partial charge in [-0.25, -0.2) is 0 Å². The third kappa shape index (κ3) is 1.37. The molecule has 1 heterocycles. The number of hydrogen-bond acceptors (Lipinski definition) is 1. The third-order valence-electron chi connectivity index (χ3n) is 3.19. The van der Waals surface area contributed by atoms with Crippen LogP contribution in [0.4, 0.5) is 0 Å². The normalized spacial score (nSPS) is 41.2. The lowest BCUT2D eigenvalue weighted by atomic mass is 9.78. The van der Waals surface area contributed by atoms with E-state index in [1.54, 1.807) is 0 Å². The predicted molar refractivity (Wildman–Crippen MR) is 49.8 cm³/mol. The molecule has 1 aliphatic heterocycles. The second-order valence-electron chi connectivity index (χ2n) is 4.51. The SMILES string of the molecule is CC1=CCC2(CCCC(C)C2)O1. The van der Waals surface area contributed by atoms with Gasteiger partial charge in [-0.1, -0.05) is 13.3 Å². The molecule has 2 aliphatic rings. The number of ether oxygens (including phenoxy) is 1. The molecule has 1 saturated carbocycles. The molecule has 0 bridgehead atoms. The van der Waals surface area contributed by atoms with Crippen molar-refractivity contribution in [3.05, 3.63) is 11.8 Å². The van der Waals surface area contributed by atoms with E-state index in [4.69, 9.17) is 4.74 Å². The Balaban J connectivity index is 2.03. The van der Waals surface area contributed by atoms with E-state index in [2.05, 4.69) is 19.9 Å². The van der Waals surface area contributed by atoms with E-state index in [0.717, 1.165) is 18.1 Å². The van der Waals surface area contributed by atoms with Crippen molar-refractivity contribution in [2.45, 2.75) is 51.6 Å². The Labute approximate surface area is 74.8 Å². The van der Waals surface area contributed by atoms with Gasteiger partial charge in [0, 0.05) is 6.42 Å². The molecule has 1 spiro atoms. The van der Waals surface area contributed by atoms with E-state index in [-0.39, 0.29) is 5.60 Å². The summed E-state index contributed by atoms with van der Waals surface area (Å²) in [7, 11) is 0. The Hall–Kier alpha value is -0.460. The summed E-state index contributed by atoms with van der Waals surface area (Å²) in [6.45, 7) is 4.42. The quantitative estimate of drug-likeness (QED) is 0.536. The van der Waals surface area contributed by atoms with Crippen molar-refractivity contribution in [1.29, 1.82) is 0 Å². The smallest absolute Gasteiger partial charge is 0.112 e. The van der Waals surface area contributed by atoms with Crippen LogP contribution in [0.2, 0.25) is 0 Å². The highest BCUT2D eigenvalue weighted by molar-refractivity contribution is 5.06. The van der Waals surface area contributed by atoms with Gasteiger partial charge in [-0.3, -0.25) is 0 Å². The van der Waals surface area contributed by atoms with Gasteiger partial charge < -0.3 is 4.74 Å². The molecule has 0 radical (unpaired) electrons. The zero-order valence-corrected chi connectivity index (χ0v) is 8.10. The van der Waals surface area contributed by atoms with Gasteiger partial charge >= 0.3 is 0 Å². The molecule has 1 heteroatoms. The molecule has 2 rings (SSSR count). The minimum Gasteiger partial charge on any atom is -0.492 e. The molecule has 0 N–H and O–H groups in total. The highest BCUT2D eigenvalue weighted by atomic mass is 16.5.